The maximum atomic E-state index is 12.3. The van der Waals surface area contributed by atoms with E-state index in [1.165, 1.54) is 0 Å². The fourth-order valence-electron chi connectivity index (χ4n) is 2.00. The summed E-state index contributed by atoms with van der Waals surface area (Å²) in [5.41, 5.74) is 1.93. The zero-order valence-corrected chi connectivity index (χ0v) is 13.7. The monoisotopic (exact) mass is 308 g/mol. The molecule has 0 aliphatic heterocycles. The van der Waals surface area contributed by atoms with Crippen LogP contribution in [0.1, 0.15) is 38.2 Å². The smallest absolute Gasteiger partial charge is 0.263 e. The molecule has 1 unspecified atom stereocenters. The van der Waals surface area contributed by atoms with E-state index >= 15 is 0 Å². The SMILES string of the molecule is C=CCCCC(CC(=C)C)OS(=O)(=O)c1ccc(C)cc1. The Hall–Kier alpha value is -1.39. The van der Waals surface area contributed by atoms with Gasteiger partial charge in [-0.05, 0) is 51.7 Å². The Kier molecular flexibility index (Phi) is 6.85. The van der Waals surface area contributed by atoms with Crippen LogP contribution in [0.2, 0.25) is 0 Å². The van der Waals surface area contributed by atoms with E-state index in [-0.39, 0.29) is 11.0 Å². The lowest BCUT2D eigenvalue weighted by Gasteiger charge is -2.17. The van der Waals surface area contributed by atoms with E-state index in [0.717, 1.165) is 24.0 Å². The molecule has 0 bridgehead atoms. The predicted octanol–water partition coefficient (Wildman–Crippen LogP) is 4.39. The number of aryl methyl sites for hydroxylation is 1. The van der Waals surface area contributed by atoms with Gasteiger partial charge in [0.2, 0.25) is 0 Å². The molecular weight excluding hydrogens is 284 g/mol. The molecule has 0 radical (unpaired) electrons. The first kappa shape index (κ1) is 17.7. The molecule has 1 atom stereocenters. The summed E-state index contributed by atoms with van der Waals surface area (Å²) in [6.45, 7) is 11.3. The molecule has 1 aromatic rings. The van der Waals surface area contributed by atoms with Gasteiger partial charge >= 0.3 is 0 Å². The molecule has 0 N–H and O–H groups in total. The normalized spacial score (nSPS) is 12.9. The first-order valence-electron chi connectivity index (χ1n) is 7.10. The summed E-state index contributed by atoms with van der Waals surface area (Å²) >= 11 is 0. The average molecular weight is 308 g/mol. The van der Waals surface area contributed by atoms with Gasteiger partial charge in [0, 0.05) is 0 Å². The number of rotatable bonds is 9. The van der Waals surface area contributed by atoms with Crippen LogP contribution in [0.3, 0.4) is 0 Å². The van der Waals surface area contributed by atoms with Crippen LogP contribution in [0.15, 0.2) is 54.0 Å². The third-order valence-electron chi connectivity index (χ3n) is 3.08. The van der Waals surface area contributed by atoms with E-state index in [1.54, 1.807) is 24.3 Å². The summed E-state index contributed by atoms with van der Waals surface area (Å²) in [5, 5.41) is 0. The van der Waals surface area contributed by atoms with Crippen LogP contribution in [0.25, 0.3) is 0 Å². The number of hydrogen-bond donors (Lipinski definition) is 0. The van der Waals surface area contributed by atoms with E-state index < -0.39 is 10.1 Å². The Labute approximate surface area is 128 Å². The number of benzene rings is 1. The highest BCUT2D eigenvalue weighted by atomic mass is 32.2. The van der Waals surface area contributed by atoms with Crippen molar-refractivity contribution in [2.75, 3.05) is 0 Å². The predicted molar refractivity (Wildman–Crippen MR) is 86.7 cm³/mol. The van der Waals surface area contributed by atoms with Gasteiger partial charge in [0.1, 0.15) is 0 Å². The van der Waals surface area contributed by atoms with Crippen LogP contribution in [0, 0.1) is 6.92 Å². The van der Waals surface area contributed by atoms with E-state index in [9.17, 15) is 8.42 Å². The first-order valence-corrected chi connectivity index (χ1v) is 8.51. The van der Waals surface area contributed by atoms with Gasteiger partial charge in [-0.2, -0.15) is 8.42 Å². The highest BCUT2D eigenvalue weighted by molar-refractivity contribution is 7.86. The first-order chi connectivity index (χ1) is 9.85. The minimum atomic E-state index is -3.73. The molecule has 0 saturated heterocycles. The molecule has 0 aromatic heterocycles. The van der Waals surface area contributed by atoms with Crippen LogP contribution < -0.4 is 0 Å². The second-order valence-electron chi connectivity index (χ2n) is 5.37. The molecule has 116 valence electrons. The molecule has 0 heterocycles. The van der Waals surface area contributed by atoms with Crippen molar-refractivity contribution in [1.29, 1.82) is 0 Å². The van der Waals surface area contributed by atoms with Gasteiger partial charge in [0.15, 0.2) is 0 Å². The number of unbranched alkanes of at least 4 members (excludes halogenated alkanes) is 1. The van der Waals surface area contributed by atoms with E-state index in [1.807, 2.05) is 19.9 Å². The lowest BCUT2D eigenvalue weighted by Crippen LogP contribution is -2.19. The van der Waals surface area contributed by atoms with Crippen molar-refractivity contribution in [2.45, 2.75) is 50.5 Å². The van der Waals surface area contributed by atoms with E-state index in [0.29, 0.717) is 12.8 Å². The third kappa shape index (κ3) is 6.27. The second-order valence-corrected chi connectivity index (χ2v) is 6.94. The van der Waals surface area contributed by atoms with Crippen molar-refractivity contribution >= 4 is 10.1 Å². The van der Waals surface area contributed by atoms with E-state index in [4.69, 9.17) is 4.18 Å². The number of allylic oxidation sites excluding steroid dienone is 1. The van der Waals surface area contributed by atoms with Gasteiger partial charge in [0.25, 0.3) is 10.1 Å². The molecule has 0 spiro atoms. The molecule has 1 aromatic carbocycles. The van der Waals surface area contributed by atoms with Gasteiger partial charge in [0.05, 0.1) is 11.0 Å². The zero-order valence-electron chi connectivity index (χ0n) is 12.8. The van der Waals surface area contributed by atoms with E-state index in [2.05, 4.69) is 13.2 Å². The Bertz CT molecular complexity index is 571. The van der Waals surface area contributed by atoms with Gasteiger partial charge < -0.3 is 0 Å². The Morgan fingerprint density at radius 2 is 1.95 bits per heavy atom. The maximum absolute atomic E-state index is 12.3. The second kappa shape index (κ2) is 8.15. The number of hydrogen-bond acceptors (Lipinski definition) is 3. The van der Waals surface area contributed by atoms with Gasteiger partial charge in [-0.25, -0.2) is 0 Å². The Morgan fingerprint density at radius 3 is 2.48 bits per heavy atom. The topological polar surface area (TPSA) is 43.4 Å². The zero-order chi connectivity index (χ0) is 15.9. The van der Waals surface area contributed by atoms with Crippen molar-refractivity contribution in [1.82, 2.24) is 0 Å². The quantitative estimate of drug-likeness (QED) is 0.386. The highest BCUT2D eigenvalue weighted by Crippen LogP contribution is 2.21. The Morgan fingerprint density at radius 1 is 1.33 bits per heavy atom. The van der Waals surface area contributed by atoms with Crippen LogP contribution in [0.5, 0.6) is 0 Å². The van der Waals surface area contributed by atoms with Crippen molar-refractivity contribution < 1.29 is 12.6 Å². The summed E-state index contributed by atoms with van der Waals surface area (Å²) in [6.07, 6.45) is 4.37. The summed E-state index contributed by atoms with van der Waals surface area (Å²) < 4.78 is 30.0. The molecule has 0 amide bonds. The largest absolute Gasteiger partial charge is 0.297 e. The third-order valence-corrected chi connectivity index (χ3v) is 4.46. The summed E-state index contributed by atoms with van der Waals surface area (Å²) in [6, 6.07) is 6.68. The van der Waals surface area contributed by atoms with Crippen LogP contribution in [-0.4, -0.2) is 14.5 Å². The summed E-state index contributed by atoms with van der Waals surface area (Å²) in [5.74, 6) is 0. The van der Waals surface area contributed by atoms with Gasteiger partial charge in [-0.15, -0.1) is 13.2 Å². The van der Waals surface area contributed by atoms with Crippen LogP contribution >= 0.6 is 0 Å². The molecule has 0 aliphatic carbocycles. The molecule has 21 heavy (non-hydrogen) atoms. The molecular formula is C17H24O3S. The summed E-state index contributed by atoms with van der Waals surface area (Å²) in [7, 11) is -3.73. The molecule has 0 aliphatic rings. The lowest BCUT2D eigenvalue weighted by molar-refractivity contribution is 0.196. The average Bonchev–Trinajstić information content (AvgIpc) is 2.38. The fraction of sp³-hybridized carbons (Fsp3) is 0.412. The van der Waals surface area contributed by atoms with Gasteiger partial charge in [-0.3, -0.25) is 4.18 Å². The van der Waals surface area contributed by atoms with Crippen LogP contribution in [-0.2, 0) is 14.3 Å². The van der Waals surface area contributed by atoms with Crippen molar-refractivity contribution in [3.63, 3.8) is 0 Å². The minimum Gasteiger partial charge on any atom is -0.263 e. The molecule has 4 heteroatoms. The molecule has 0 fully saturated rings. The van der Waals surface area contributed by atoms with Gasteiger partial charge in [-0.1, -0.05) is 29.3 Å². The maximum Gasteiger partial charge on any atom is 0.297 e. The minimum absolute atomic E-state index is 0.198. The lowest BCUT2D eigenvalue weighted by atomic mass is 10.1. The van der Waals surface area contributed by atoms with Crippen molar-refractivity contribution in [3.05, 3.63) is 54.6 Å². The molecule has 0 saturated carbocycles. The summed E-state index contributed by atoms with van der Waals surface area (Å²) in [4.78, 5) is 0.198. The fourth-order valence-corrected chi connectivity index (χ4v) is 3.11. The highest BCUT2D eigenvalue weighted by Gasteiger charge is 2.21. The van der Waals surface area contributed by atoms with Crippen molar-refractivity contribution in [2.24, 2.45) is 0 Å². The van der Waals surface area contributed by atoms with Crippen LogP contribution in [0.4, 0.5) is 0 Å². The Balaban J connectivity index is 2.81. The van der Waals surface area contributed by atoms with Crippen molar-refractivity contribution in [3.8, 4) is 0 Å². The molecule has 3 nitrogen and oxygen atoms in total. The molecule has 1 rings (SSSR count). The standard InChI is InChI=1S/C17H24O3S/c1-5-6-7-8-16(13-14(2)3)20-21(18,19)17-11-9-15(4)10-12-17/h5,9-12,16H,1-2,6-8,13H2,3-4H3.